The molecule has 1 amide bonds. The summed E-state index contributed by atoms with van der Waals surface area (Å²) in [6, 6.07) is 3.73. The molecule has 2 aromatic heterocycles. The first-order valence-corrected chi connectivity index (χ1v) is 7.08. The van der Waals surface area contributed by atoms with E-state index in [1.165, 1.54) is 0 Å². The molecule has 0 aliphatic carbocycles. The van der Waals surface area contributed by atoms with Crippen molar-refractivity contribution in [3.05, 3.63) is 41.8 Å². The summed E-state index contributed by atoms with van der Waals surface area (Å²) in [6.45, 7) is 5.94. The number of amides is 1. The van der Waals surface area contributed by atoms with Crippen LogP contribution in [0.3, 0.4) is 0 Å². The molecule has 6 heteroatoms. The molecule has 6 nitrogen and oxygen atoms in total. The van der Waals surface area contributed by atoms with Crippen LogP contribution in [-0.2, 0) is 11.2 Å². The first kappa shape index (κ1) is 15.2. The summed E-state index contributed by atoms with van der Waals surface area (Å²) in [7, 11) is 0. The van der Waals surface area contributed by atoms with Crippen LogP contribution in [0.15, 0.2) is 29.0 Å². The molecule has 0 bridgehead atoms. The van der Waals surface area contributed by atoms with Crippen LogP contribution < -0.4 is 5.32 Å². The first-order valence-electron chi connectivity index (χ1n) is 7.08. The molecule has 0 saturated heterocycles. The van der Waals surface area contributed by atoms with Gasteiger partial charge in [0.05, 0.1) is 6.04 Å². The Balaban J connectivity index is 1.82. The van der Waals surface area contributed by atoms with Crippen LogP contribution in [0.2, 0.25) is 0 Å². The van der Waals surface area contributed by atoms with Crippen LogP contribution in [-0.4, -0.2) is 21.0 Å². The molecular weight excluding hydrogens is 268 g/mol. The SMILES string of the molecule is CC(C)c1noc(CCC(=O)NC(C)c2ccncc2)n1. The van der Waals surface area contributed by atoms with Crippen molar-refractivity contribution in [2.45, 2.75) is 45.6 Å². The zero-order chi connectivity index (χ0) is 15.2. The van der Waals surface area contributed by atoms with Gasteiger partial charge >= 0.3 is 0 Å². The van der Waals surface area contributed by atoms with Crippen LogP contribution in [0, 0.1) is 0 Å². The van der Waals surface area contributed by atoms with E-state index in [2.05, 4.69) is 20.4 Å². The highest BCUT2D eigenvalue weighted by Crippen LogP contribution is 2.12. The minimum absolute atomic E-state index is 0.0383. The second kappa shape index (κ2) is 6.97. The summed E-state index contributed by atoms with van der Waals surface area (Å²) >= 11 is 0. The second-order valence-electron chi connectivity index (χ2n) is 5.27. The van der Waals surface area contributed by atoms with Gasteiger partial charge in [-0.15, -0.1) is 0 Å². The minimum atomic E-state index is -0.0468. The van der Waals surface area contributed by atoms with Gasteiger partial charge in [-0.2, -0.15) is 4.98 Å². The topological polar surface area (TPSA) is 80.9 Å². The van der Waals surface area contributed by atoms with Crippen molar-refractivity contribution < 1.29 is 9.32 Å². The maximum atomic E-state index is 11.9. The van der Waals surface area contributed by atoms with Crippen LogP contribution >= 0.6 is 0 Å². The van der Waals surface area contributed by atoms with Gasteiger partial charge in [0.1, 0.15) is 0 Å². The maximum Gasteiger partial charge on any atom is 0.227 e. The minimum Gasteiger partial charge on any atom is -0.350 e. The van der Waals surface area contributed by atoms with Crippen LogP contribution in [0.1, 0.15) is 56.4 Å². The normalized spacial score (nSPS) is 12.4. The second-order valence-corrected chi connectivity index (χ2v) is 5.27. The molecule has 0 aliphatic heterocycles. The molecule has 2 aromatic rings. The predicted octanol–water partition coefficient (Wildman–Crippen LogP) is 2.40. The summed E-state index contributed by atoms with van der Waals surface area (Å²) in [5, 5.41) is 6.82. The number of aromatic nitrogens is 3. The van der Waals surface area contributed by atoms with E-state index in [4.69, 9.17) is 4.52 Å². The quantitative estimate of drug-likeness (QED) is 0.882. The molecule has 0 radical (unpaired) electrons. The zero-order valence-corrected chi connectivity index (χ0v) is 12.5. The monoisotopic (exact) mass is 288 g/mol. The number of nitrogens with zero attached hydrogens (tertiary/aromatic N) is 3. The van der Waals surface area contributed by atoms with Crippen molar-refractivity contribution in [2.75, 3.05) is 0 Å². The molecule has 0 aromatic carbocycles. The molecule has 2 rings (SSSR count). The van der Waals surface area contributed by atoms with Gasteiger partial charge in [-0.3, -0.25) is 9.78 Å². The molecule has 112 valence electrons. The third-order valence-corrected chi connectivity index (χ3v) is 3.15. The Morgan fingerprint density at radius 1 is 1.29 bits per heavy atom. The number of hydrogen-bond donors (Lipinski definition) is 1. The van der Waals surface area contributed by atoms with Crippen molar-refractivity contribution in [3.8, 4) is 0 Å². The molecule has 0 saturated carbocycles. The lowest BCUT2D eigenvalue weighted by Crippen LogP contribution is -2.26. The number of rotatable bonds is 6. The standard InChI is InChI=1S/C15H20N4O2/c1-10(2)15-18-14(21-19-15)5-4-13(20)17-11(3)12-6-8-16-9-7-12/h6-11H,4-5H2,1-3H3,(H,17,20). The van der Waals surface area contributed by atoms with Crippen LogP contribution in [0.25, 0.3) is 0 Å². The number of hydrogen-bond acceptors (Lipinski definition) is 5. The Kier molecular flexibility index (Phi) is 5.03. The Bertz CT molecular complexity index is 580. The number of pyridine rings is 1. The number of aryl methyl sites for hydroxylation is 1. The number of carbonyl (C=O) groups is 1. The Morgan fingerprint density at radius 2 is 2.00 bits per heavy atom. The van der Waals surface area contributed by atoms with E-state index in [0.717, 1.165) is 5.56 Å². The highest BCUT2D eigenvalue weighted by molar-refractivity contribution is 5.76. The Hall–Kier alpha value is -2.24. The van der Waals surface area contributed by atoms with Crippen molar-refractivity contribution in [3.63, 3.8) is 0 Å². The smallest absolute Gasteiger partial charge is 0.227 e. The molecule has 0 fully saturated rings. The highest BCUT2D eigenvalue weighted by atomic mass is 16.5. The van der Waals surface area contributed by atoms with Crippen molar-refractivity contribution in [2.24, 2.45) is 0 Å². The molecule has 1 unspecified atom stereocenters. The van der Waals surface area contributed by atoms with E-state index >= 15 is 0 Å². The average molecular weight is 288 g/mol. The summed E-state index contributed by atoms with van der Waals surface area (Å²) < 4.78 is 5.12. The molecule has 21 heavy (non-hydrogen) atoms. The molecule has 0 spiro atoms. The third kappa shape index (κ3) is 4.37. The molecular formula is C15H20N4O2. The molecule has 2 heterocycles. The first-order chi connectivity index (χ1) is 10.1. The molecule has 0 aliphatic rings. The van der Waals surface area contributed by atoms with Gasteiger partial charge in [-0.1, -0.05) is 19.0 Å². The lowest BCUT2D eigenvalue weighted by atomic mass is 10.1. The van der Waals surface area contributed by atoms with E-state index in [0.29, 0.717) is 24.6 Å². The largest absolute Gasteiger partial charge is 0.350 e. The maximum absolute atomic E-state index is 11.9. The predicted molar refractivity (Wildman–Crippen MR) is 77.5 cm³/mol. The Morgan fingerprint density at radius 3 is 2.62 bits per heavy atom. The van der Waals surface area contributed by atoms with Gasteiger partial charge in [0, 0.05) is 31.2 Å². The third-order valence-electron chi connectivity index (χ3n) is 3.15. The summed E-state index contributed by atoms with van der Waals surface area (Å²) in [6.07, 6.45) is 4.21. The zero-order valence-electron chi connectivity index (χ0n) is 12.5. The summed E-state index contributed by atoms with van der Waals surface area (Å²) in [4.78, 5) is 20.1. The van der Waals surface area contributed by atoms with Gasteiger partial charge in [0.2, 0.25) is 11.8 Å². The number of nitrogens with one attached hydrogen (secondary N) is 1. The van der Waals surface area contributed by atoms with Gasteiger partial charge in [0.15, 0.2) is 5.82 Å². The van der Waals surface area contributed by atoms with Gasteiger partial charge in [0.25, 0.3) is 0 Å². The Labute approximate surface area is 124 Å². The van der Waals surface area contributed by atoms with Crippen molar-refractivity contribution in [1.29, 1.82) is 0 Å². The molecule has 1 atom stereocenters. The van der Waals surface area contributed by atoms with Crippen LogP contribution in [0.4, 0.5) is 0 Å². The van der Waals surface area contributed by atoms with Gasteiger partial charge in [-0.05, 0) is 24.6 Å². The van der Waals surface area contributed by atoms with E-state index in [-0.39, 0.29) is 17.9 Å². The lowest BCUT2D eigenvalue weighted by molar-refractivity contribution is -0.121. The highest BCUT2D eigenvalue weighted by Gasteiger charge is 2.13. The van der Waals surface area contributed by atoms with E-state index in [1.807, 2.05) is 32.9 Å². The molecule has 1 N–H and O–H groups in total. The average Bonchev–Trinajstić information content (AvgIpc) is 2.95. The van der Waals surface area contributed by atoms with Gasteiger partial charge in [-0.25, -0.2) is 0 Å². The summed E-state index contributed by atoms with van der Waals surface area (Å²) in [5.41, 5.74) is 1.03. The lowest BCUT2D eigenvalue weighted by Gasteiger charge is -2.13. The van der Waals surface area contributed by atoms with Gasteiger partial charge < -0.3 is 9.84 Å². The fraction of sp³-hybridized carbons (Fsp3) is 0.467. The fourth-order valence-electron chi connectivity index (χ4n) is 1.87. The summed E-state index contributed by atoms with van der Waals surface area (Å²) in [5.74, 6) is 1.37. The van der Waals surface area contributed by atoms with Crippen molar-refractivity contribution >= 4 is 5.91 Å². The number of carbonyl (C=O) groups excluding carboxylic acids is 1. The van der Waals surface area contributed by atoms with E-state index in [1.54, 1.807) is 12.4 Å². The van der Waals surface area contributed by atoms with E-state index < -0.39 is 0 Å². The van der Waals surface area contributed by atoms with Crippen molar-refractivity contribution in [1.82, 2.24) is 20.4 Å². The van der Waals surface area contributed by atoms with Crippen LogP contribution in [0.5, 0.6) is 0 Å². The fourth-order valence-corrected chi connectivity index (χ4v) is 1.87. The van der Waals surface area contributed by atoms with E-state index in [9.17, 15) is 4.79 Å².